The Morgan fingerprint density at radius 2 is 1.77 bits per heavy atom. The van der Waals surface area contributed by atoms with Crippen molar-refractivity contribution in [3.8, 4) is 5.75 Å². The molecule has 160 valence electrons. The average Bonchev–Trinajstić information content (AvgIpc) is 2.87. The summed E-state index contributed by atoms with van der Waals surface area (Å²) in [5.41, 5.74) is 1.37. The van der Waals surface area contributed by atoms with Gasteiger partial charge in [0.15, 0.2) is 6.10 Å². The zero-order chi connectivity index (χ0) is 22.0. The van der Waals surface area contributed by atoms with Gasteiger partial charge < -0.3 is 9.64 Å². The maximum Gasteiger partial charge on any atom is 0.263 e. The molecule has 1 heterocycles. The number of fused-ring (bicyclic) bond motifs is 1. The molecule has 3 aromatic rings. The predicted molar refractivity (Wildman–Crippen MR) is 114 cm³/mol. The summed E-state index contributed by atoms with van der Waals surface area (Å²) in [5, 5.41) is 0. The molecular formula is C23H21FN2O4S. The Balaban J connectivity index is 1.62. The minimum atomic E-state index is -3.76. The van der Waals surface area contributed by atoms with Gasteiger partial charge in [0.1, 0.15) is 11.6 Å². The number of rotatable bonds is 5. The second-order valence-corrected chi connectivity index (χ2v) is 8.97. The van der Waals surface area contributed by atoms with Crippen LogP contribution in [0.1, 0.15) is 18.1 Å². The summed E-state index contributed by atoms with van der Waals surface area (Å²) in [6.07, 6.45) is -0.750. The number of carbonyl (C=O) groups excluding carboxylic acids is 1. The van der Waals surface area contributed by atoms with Crippen LogP contribution in [0.2, 0.25) is 0 Å². The van der Waals surface area contributed by atoms with E-state index in [1.165, 1.54) is 23.1 Å². The minimum Gasteiger partial charge on any atom is -0.481 e. The Hall–Kier alpha value is -3.39. The summed E-state index contributed by atoms with van der Waals surface area (Å²) >= 11 is 0. The van der Waals surface area contributed by atoms with E-state index in [2.05, 4.69) is 4.72 Å². The van der Waals surface area contributed by atoms with Crippen LogP contribution < -0.4 is 9.46 Å². The number of halogens is 1. The molecule has 1 unspecified atom stereocenters. The summed E-state index contributed by atoms with van der Waals surface area (Å²) in [4.78, 5) is 14.4. The molecule has 0 spiro atoms. The van der Waals surface area contributed by atoms with E-state index in [1.807, 2.05) is 0 Å². The fourth-order valence-electron chi connectivity index (χ4n) is 3.44. The van der Waals surface area contributed by atoms with Gasteiger partial charge in [-0.15, -0.1) is 0 Å². The van der Waals surface area contributed by atoms with E-state index in [-0.39, 0.29) is 23.9 Å². The van der Waals surface area contributed by atoms with Gasteiger partial charge in [-0.3, -0.25) is 9.52 Å². The maximum atomic E-state index is 14.1. The second kappa shape index (κ2) is 8.39. The second-order valence-electron chi connectivity index (χ2n) is 7.29. The number of carbonyl (C=O) groups is 1. The number of ether oxygens (including phenoxy) is 1. The summed E-state index contributed by atoms with van der Waals surface area (Å²) in [5.74, 6) is -0.178. The standard InChI is InChI=1S/C23H21FN2O4S/c1-16-23(27)26(14-17-7-5-6-10-21(17)24)15-18-13-19(11-12-22(18)30-16)25-31(28,29)20-8-3-2-4-9-20/h2-13,16,25H,14-15H2,1H3. The van der Waals surface area contributed by atoms with Crippen molar-refractivity contribution in [2.45, 2.75) is 31.0 Å². The van der Waals surface area contributed by atoms with E-state index in [4.69, 9.17) is 4.74 Å². The minimum absolute atomic E-state index is 0.0820. The lowest BCUT2D eigenvalue weighted by molar-refractivity contribution is -0.138. The predicted octanol–water partition coefficient (Wildman–Crippen LogP) is 3.94. The van der Waals surface area contributed by atoms with Crippen LogP contribution >= 0.6 is 0 Å². The highest BCUT2D eigenvalue weighted by Crippen LogP contribution is 2.30. The fraction of sp³-hybridized carbons (Fsp3) is 0.174. The number of nitrogens with one attached hydrogen (secondary N) is 1. The molecule has 0 bridgehead atoms. The Bertz CT molecular complexity index is 1220. The van der Waals surface area contributed by atoms with Gasteiger partial charge in [-0.25, -0.2) is 12.8 Å². The maximum absolute atomic E-state index is 14.1. The number of anilines is 1. The van der Waals surface area contributed by atoms with Crippen LogP contribution in [0.3, 0.4) is 0 Å². The molecule has 31 heavy (non-hydrogen) atoms. The molecule has 1 aliphatic heterocycles. The molecule has 0 aromatic heterocycles. The molecule has 1 aliphatic rings. The first-order chi connectivity index (χ1) is 14.8. The van der Waals surface area contributed by atoms with Gasteiger partial charge in [-0.05, 0) is 43.3 Å². The molecule has 1 amide bonds. The lowest BCUT2D eigenvalue weighted by Crippen LogP contribution is -2.37. The van der Waals surface area contributed by atoms with Gasteiger partial charge in [-0.2, -0.15) is 0 Å². The van der Waals surface area contributed by atoms with E-state index in [9.17, 15) is 17.6 Å². The molecule has 3 aromatic carbocycles. The molecule has 0 saturated carbocycles. The van der Waals surface area contributed by atoms with Crippen LogP contribution in [0.5, 0.6) is 5.75 Å². The summed E-state index contributed by atoms with van der Waals surface area (Å²) in [6.45, 7) is 1.88. The number of nitrogens with zero attached hydrogens (tertiary/aromatic N) is 1. The van der Waals surface area contributed by atoms with Gasteiger partial charge in [0.25, 0.3) is 15.9 Å². The molecule has 1 atom stereocenters. The van der Waals surface area contributed by atoms with E-state index < -0.39 is 21.9 Å². The zero-order valence-corrected chi connectivity index (χ0v) is 17.6. The number of benzene rings is 3. The molecule has 0 radical (unpaired) electrons. The number of amides is 1. The lowest BCUT2D eigenvalue weighted by Gasteiger charge is -2.22. The topological polar surface area (TPSA) is 75.7 Å². The van der Waals surface area contributed by atoms with Crippen LogP contribution in [0, 0.1) is 5.82 Å². The third kappa shape index (κ3) is 4.54. The van der Waals surface area contributed by atoms with Gasteiger partial charge in [0.2, 0.25) is 0 Å². The first kappa shape index (κ1) is 20.9. The van der Waals surface area contributed by atoms with Crippen molar-refractivity contribution in [2.24, 2.45) is 0 Å². The summed E-state index contributed by atoms with van der Waals surface area (Å²) < 4.78 is 47.7. The van der Waals surface area contributed by atoms with E-state index >= 15 is 0 Å². The van der Waals surface area contributed by atoms with Crippen LogP contribution in [0.15, 0.2) is 77.7 Å². The molecule has 1 N–H and O–H groups in total. The quantitative estimate of drug-likeness (QED) is 0.652. The molecule has 6 nitrogen and oxygen atoms in total. The first-order valence-corrected chi connectivity index (χ1v) is 11.2. The summed E-state index contributed by atoms with van der Waals surface area (Å²) in [6, 6.07) is 19.2. The lowest BCUT2D eigenvalue weighted by atomic mass is 10.1. The number of hydrogen-bond acceptors (Lipinski definition) is 4. The highest BCUT2D eigenvalue weighted by molar-refractivity contribution is 7.92. The zero-order valence-electron chi connectivity index (χ0n) is 16.8. The Morgan fingerprint density at radius 1 is 1.06 bits per heavy atom. The Labute approximate surface area is 180 Å². The smallest absolute Gasteiger partial charge is 0.263 e. The third-order valence-electron chi connectivity index (χ3n) is 5.01. The molecule has 8 heteroatoms. The molecule has 0 saturated heterocycles. The molecule has 4 rings (SSSR count). The normalized spacial score (nSPS) is 16.3. The largest absolute Gasteiger partial charge is 0.481 e. The van der Waals surface area contributed by atoms with Crippen molar-refractivity contribution in [1.82, 2.24) is 4.90 Å². The average molecular weight is 440 g/mol. The molecule has 0 aliphatic carbocycles. The van der Waals surface area contributed by atoms with E-state index in [1.54, 1.807) is 61.5 Å². The first-order valence-electron chi connectivity index (χ1n) is 9.73. The van der Waals surface area contributed by atoms with E-state index in [0.717, 1.165) is 0 Å². The number of sulfonamides is 1. The Kier molecular flexibility index (Phi) is 5.65. The highest BCUT2D eigenvalue weighted by atomic mass is 32.2. The third-order valence-corrected chi connectivity index (χ3v) is 6.41. The van der Waals surface area contributed by atoms with Crippen molar-refractivity contribution in [1.29, 1.82) is 0 Å². The van der Waals surface area contributed by atoms with Crippen molar-refractivity contribution in [3.63, 3.8) is 0 Å². The van der Waals surface area contributed by atoms with Gasteiger partial charge >= 0.3 is 0 Å². The van der Waals surface area contributed by atoms with Crippen molar-refractivity contribution in [2.75, 3.05) is 4.72 Å². The molecular weight excluding hydrogens is 419 g/mol. The van der Waals surface area contributed by atoms with Gasteiger partial charge in [-0.1, -0.05) is 36.4 Å². The van der Waals surface area contributed by atoms with Crippen LogP contribution in [-0.4, -0.2) is 25.3 Å². The van der Waals surface area contributed by atoms with Crippen molar-refractivity contribution in [3.05, 3.63) is 89.7 Å². The highest BCUT2D eigenvalue weighted by Gasteiger charge is 2.29. The molecule has 0 fully saturated rings. The van der Waals surface area contributed by atoms with Crippen LogP contribution in [0.25, 0.3) is 0 Å². The fourth-order valence-corrected chi connectivity index (χ4v) is 4.51. The van der Waals surface area contributed by atoms with Crippen LogP contribution in [-0.2, 0) is 27.9 Å². The summed E-state index contributed by atoms with van der Waals surface area (Å²) in [7, 11) is -3.76. The SMILES string of the molecule is CC1Oc2ccc(NS(=O)(=O)c3ccccc3)cc2CN(Cc2ccccc2F)C1=O. The number of hydrogen-bond donors (Lipinski definition) is 1. The van der Waals surface area contributed by atoms with Crippen molar-refractivity contribution >= 4 is 21.6 Å². The van der Waals surface area contributed by atoms with Crippen molar-refractivity contribution < 1.29 is 22.3 Å². The van der Waals surface area contributed by atoms with Crippen LogP contribution in [0.4, 0.5) is 10.1 Å². The van der Waals surface area contributed by atoms with Gasteiger partial charge in [0.05, 0.1) is 4.90 Å². The Morgan fingerprint density at radius 3 is 2.52 bits per heavy atom. The van der Waals surface area contributed by atoms with Gasteiger partial charge in [0, 0.05) is 29.9 Å². The van der Waals surface area contributed by atoms with E-state index in [0.29, 0.717) is 22.6 Å². The monoisotopic (exact) mass is 440 g/mol.